The van der Waals surface area contributed by atoms with Gasteiger partial charge >= 0.3 is 12.1 Å². The van der Waals surface area contributed by atoms with Gasteiger partial charge in [-0.25, -0.2) is 4.79 Å². The number of carbonyl (C=O) groups excluding carboxylic acids is 8. The summed E-state index contributed by atoms with van der Waals surface area (Å²) in [5, 5.41) is 29.9. The van der Waals surface area contributed by atoms with E-state index in [4.69, 9.17) is 32.8 Å². The normalized spacial score (nSPS) is 15.8. The van der Waals surface area contributed by atoms with Gasteiger partial charge in [-0.15, -0.1) is 0 Å². The van der Waals surface area contributed by atoms with E-state index in [0.717, 1.165) is 0 Å². The number of nitrogens with two attached hydrogens (primary N) is 4. The highest BCUT2D eigenvalue weighted by Crippen LogP contribution is 2.18. The van der Waals surface area contributed by atoms with Crippen molar-refractivity contribution >= 4 is 59.2 Å². The van der Waals surface area contributed by atoms with Crippen molar-refractivity contribution in [2.24, 2.45) is 33.8 Å². The molecular formula is C37H56F3N11O11. The van der Waals surface area contributed by atoms with E-state index >= 15 is 0 Å². The number of carboxylic acid groups (broad SMARTS) is 1. The Morgan fingerprint density at radius 2 is 1.35 bits per heavy atom. The number of halogens is 3. The number of nitrogens with zero attached hydrogens (tertiary/aromatic N) is 2. The maximum Gasteiger partial charge on any atom is 0.490 e. The minimum absolute atomic E-state index is 0.0347. The second-order valence-electron chi connectivity index (χ2n) is 14.4. The van der Waals surface area contributed by atoms with Gasteiger partial charge in [-0.3, -0.25) is 43.3 Å². The predicted molar refractivity (Wildman–Crippen MR) is 213 cm³/mol. The monoisotopic (exact) mass is 887 g/mol. The minimum atomic E-state index is -5.08. The van der Waals surface area contributed by atoms with Crippen molar-refractivity contribution in [1.82, 2.24) is 31.5 Å². The fourth-order valence-corrected chi connectivity index (χ4v) is 5.88. The number of carbonyl (C=O) groups is 9. The summed E-state index contributed by atoms with van der Waals surface area (Å²) in [7, 11) is 0. The Bertz CT molecular complexity index is 1760. The highest BCUT2D eigenvalue weighted by Gasteiger charge is 2.39. The highest BCUT2D eigenvalue weighted by atomic mass is 19.4. The molecule has 1 aliphatic rings. The van der Waals surface area contributed by atoms with E-state index in [-0.39, 0.29) is 50.5 Å². The van der Waals surface area contributed by atoms with Crippen LogP contribution in [0.25, 0.3) is 0 Å². The van der Waals surface area contributed by atoms with Gasteiger partial charge in [0.25, 0.3) is 0 Å². The van der Waals surface area contributed by atoms with Crippen LogP contribution in [0, 0.1) is 5.92 Å². The number of primary amides is 2. The second-order valence-corrected chi connectivity index (χ2v) is 14.4. The summed E-state index contributed by atoms with van der Waals surface area (Å²) in [6.07, 6.45) is -4.31. The smallest absolute Gasteiger partial charge is 0.475 e. The van der Waals surface area contributed by atoms with Gasteiger partial charge in [-0.2, -0.15) is 13.2 Å². The highest BCUT2D eigenvalue weighted by molar-refractivity contribution is 5.97. The third-order valence-corrected chi connectivity index (χ3v) is 9.10. The molecule has 0 saturated carbocycles. The summed E-state index contributed by atoms with van der Waals surface area (Å²) in [5.41, 5.74) is 22.1. The largest absolute Gasteiger partial charge is 0.490 e. The summed E-state index contributed by atoms with van der Waals surface area (Å²) in [6, 6.07) is 1.37. The maximum atomic E-state index is 13.9. The topological polar surface area (TPSA) is 374 Å². The Morgan fingerprint density at radius 1 is 0.806 bits per heavy atom. The molecular weight excluding hydrogens is 831 g/mol. The lowest BCUT2D eigenvalue weighted by Gasteiger charge is -2.28. The first kappa shape index (κ1) is 53.5. The van der Waals surface area contributed by atoms with Crippen LogP contribution < -0.4 is 49.5 Å². The first-order valence-corrected chi connectivity index (χ1v) is 19.3. The van der Waals surface area contributed by atoms with Crippen molar-refractivity contribution in [3.05, 3.63) is 35.9 Å². The zero-order chi connectivity index (χ0) is 47.3. The molecule has 22 nitrogen and oxygen atoms in total. The molecule has 2 rings (SSSR count). The molecule has 6 unspecified atom stereocenters. The number of aliphatic carboxylic acids is 1. The Morgan fingerprint density at radius 3 is 1.85 bits per heavy atom. The molecule has 15 N–H and O–H groups in total. The van der Waals surface area contributed by atoms with Crippen LogP contribution in [-0.4, -0.2) is 136 Å². The molecule has 1 heterocycles. The van der Waals surface area contributed by atoms with Gasteiger partial charge < -0.3 is 64.6 Å². The van der Waals surface area contributed by atoms with Gasteiger partial charge in [0.1, 0.15) is 36.3 Å². The average Bonchev–Trinajstić information content (AvgIpc) is 3.69. The van der Waals surface area contributed by atoms with Crippen LogP contribution in [0.1, 0.15) is 64.9 Å². The van der Waals surface area contributed by atoms with E-state index in [1.165, 1.54) is 11.8 Å². The number of aliphatic imine (C=N–C) groups is 1. The third kappa shape index (κ3) is 19.2. The van der Waals surface area contributed by atoms with Crippen molar-refractivity contribution in [3.8, 4) is 0 Å². The summed E-state index contributed by atoms with van der Waals surface area (Å²) >= 11 is 0. The van der Waals surface area contributed by atoms with Crippen LogP contribution in [0.3, 0.4) is 0 Å². The summed E-state index contributed by atoms with van der Waals surface area (Å²) in [5.74, 6) is -9.40. The summed E-state index contributed by atoms with van der Waals surface area (Å²) in [6.45, 7) is 4.11. The van der Waals surface area contributed by atoms with Crippen molar-refractivity contribution in [2.45, 2.75) is 108 Å². The van der Waals surface area contributed by atoms with Crippen LogP contribution in [0.4, 0.5) is 13.2 Å². The first-order valence-electron chi connectivity index (χ1n) is 19.3. The third-order valence-electron chi connectivity index (χ3n) is 9.10. The van der Waals surface area contributed by atoms with E-state index in [9.17, 15) is 56.6 Å². The molecule has 1 aromatic rings. The summed E-state index contributed by atoms with van der Waals surface area (Å²) in [4.78, 5) is 117. The number of amides is 8. The number of likely N-dealkylation sites (tertiary alicyclic amines) is 1. The molecule has 0 aliphatic carbocycles. The molecule has 6 atom stereocenters. The number of alkyl halides is 3. The van der Waals surface area contributed by atoms with E-state index in [1.54, 1.807) is 44.2 Å². The van der Waals surface area contributed by atoms with Crippen molar-refractivity contribution in [2.75, 3.05) is 19.7 Å². The molecule has 62 heavy (non-hydrogen) atoms. The molecule has 1 saturated heterocycles. The van der Waals surface area contributed by atoms with Gasteiger partial charge in [0.2, 0.25) is 47.3 Å². The number of rotatable bonds is 22. The Balaban J connectivity index is 0.00000251. The number of nitrogens with one attached hydrogen (secondary N) is 5. The fraction of sp³-hybridized carbons (Fsp3) is 0.568. The number of benzene rings is 1. The quantitative estimate of drug-likeness (QED) is 0.0310. The van der Waals surface area contributed by atoms with E-state index in [2.05, 4.69) is 31.6 Å². The SMILES string of the molecule is CC(=O)N1CCCC1C(=O)NC(Cc1ccccc1)C(=O)NC(CCCN=C(N)N)C(=O)NC(CO)C(=O)NC(C(=O)NC(CCC(N)=O)C(N)=O)C(C)C.O=C(O)C(F)(F)F. The first-order chi connectivity index (χ1) is 28.9. The molecule has 0 radical (unpaired) electrons. The number of aliphatic hydroxyl groups excluding tert-OH is 1. The number of guanidine groups is 1. The van der Waals surface area contributed by atoms with Crippen molar-refractivity contribution in [3.63, 3.8) is 0 Å². The zero-order valence-corrected chi connectivity index (χ0v) is 34.4. The molecule has 1 aromatic carbocycles. The van der Waals surface area contributed by atoms with E-state index in [1.807, 2.05) is 0 Å². The van der Waals surface area contributed by atoms with Crippen molar-refractivity contribution in [1.29, 1.82) is 0 Å². The molecule has 346 valence electrons. The minimum Gasteiger partial charge on any atom is -0.475 e. The van der Waals surface area contributed by atoms with Gasteiger partial charge in [-0.05, 0) is 43.6 Å². The molecule has 0 aromatic heterocycles. The lowest BCUT2D eigenvalue weighted by atomic mass is 10.0. The second kappa shape index (κ2) is 25.9. The standard InChI is InChI=1S/C35H55N11O9.C2HF3O2/c1-19(2)28(34(55)41-22(29(37)50)13-14-27(36)49)45-32(53)25(18-47)44-30(51)23(11-7-15-40-35(38)39)42-31(52)24(17-21-9-5-4-6-10-21)43-33(54)26-12-8-16-46(26)20(3)48;3-2(4,5)1(6)7/h4-6,9-10,19,22-26,28,47H,7-8,11-18H2,1-3H3,(H2,36,49)(H2,37,50)(H,41,55)(H,42,52)(H,43,54)(H,44,51)(H,45,53)(H4,38,39,40);(H,6,7). The van der Waals surface area contributed by atoms with Crippen LogP contribution in [-0.2, 0) is 49.6 Å². The Kier molecular flexibility index (Phi) is 22.4. The molecule has 25 heteroatoms. The zero-order valence-electron chi connectivity index (χ0n) is 34.4. The lowest BCUT2D eigenvalue weighted by molar-refractivity contribution is -0.192. The van der Waals surface area contributed by atoms with E-state index < -0.39 is 102 Å². The van der Waals surface area contributed by atoms with Gasteiger partial charge in [0, 0.05) is 32.9 Å². The van der Waals surface area contributed by atoms with Crippen LogP contribution in [0.2, 0.25) is 0 Å². The average molecular weight is 888 g/mol. The molecule has 1 fully saturated rings. The Labute approximate surface area is 354 Å². The van der Waals surface area contributed by atoms with Gasteiger partial charge in [0.15, 0.2) is 5.96 Å². The molecule has 8 amide bonds. The number of hydrogen-bond acceptors (Lipinski definition) is 11. The number of carboxylic acids is 1. The number of aliphatic hydroxyl groups is 1. The number of hydrogen-bond donors (Lipinski definition) is 11. The van der Waals surface area contributed by atoms with Crippen LogP contribution in [0.5, 0.6) is 0 Å². The van der Waals surface area contributed by atoms with Crippen molar-refractivity contribution < 1.29 is 66.5 Å². The Hall–Kier alpha value is -6.53. The van der Waals surface area contributed by atoms with Gasteiger partial charge in [0.05, 0.1) is 6.61 Å². The maximum absolute atomic E-state index is 13.9. The molecule has 1 aliphatic heterocycles. The fourth-order valence-electron chi connectivity index (χ4n) is 5.88. The summed E-state index contributed by atoms with van der Waals surface area (Å²) < 4.78 is 31.7. The van der Waals surface area contributed by atoms with Crippen LogP contribution in [0.15, 0.2) is 35.3 Å². The van der Waals surface area contributed by atoms with Gasteiger partial charge in [-0.1, -0.05) is 44.2 Å². The molecule has 0 spiro atoms. The lowest BCUT2D eigenvalue weighted by Crippen LogP contribution is -2.61. The predicted octanol–water partition coefficient (Wildman–Crippen LogP) is -3.25. The van der Waals surface area contributed by atoms with E-state index in [0.29, 0.717) is 24.9 Å². The molecule has 0 bridgehead atoms. The van der Waals surface area contributed by atoms with Crippen LogP contribution >= 0.6 is 0 Å².